The van der Waals surface area contributed by atoms with Gasteiger partial charge in [0.15, 0.2) is 0 Å². The lowest BCUT2D eigenvalue weighted by molar-refractivity contribution is 0.0692. The van der Waals surface area contributed by atoms with Crippen LogP contribution in [0.2, 0.25) is 0 Å². The molecule has 0 aromatic heterocycles. The molecule has 78 valence electrons. The van der Waals surface area contributed by atoms with Crippen LogP contribution >= 0.6 is 11.6 Å². The van der Waals surface area contributed by atoms with Crippen molar-refractivity contribution in [1.82, 2.24) is 0 Å². The molecule has 1 aromatic carbocycles. The quantitative estimate of drug-likeness (QED) is 0.799. The van der Waals surface area contributed by atoms with Crippen molar-refractivity contribution in [2.24, 2.45) is 0 Å². The Morgan fingerprint density at radius 1 is 1.67 bits per heavy atom. The Morgan fingerprint density at radius 2 is 2.33 bits per heavy atom. The second-order valence-electron chi connectivity index (χ2n) is 2.76. The Balaban J connectivity index is 3.48. The maximum Gasteiger partial charge on any atom is 0.339 e. The van der Waals surface area contributed by atoms with Gasteiger partial charge < -0.3 is 9.84 Å². The minimum atomic E-state index is -1.12. The van der Waals surface area contributed by atoms with Crippen LogP contribution in [0.15, 0.2) is 12.1 Å². The van der Waals surface area contributed by atoms with E-state index in [1.807, 2.05) is 6.07 Å². The molecular weight excluding hydrogens is 218 g/mol. The molecule has 0 aliphatic rings. The average molecular weight is 226 g/mol. The van der Waals surface area contributed by atoms with Gasteiger partial charge >= 0.3 is 5.97 Å². The van der Waals surface area contributed by atoms with Gasteiger partial charge in [0.1, 0.15) is 11.3 Å². The van der Waals surface area contributed by atoms with Gasteiger partial charge in [-0.05, 0) is 17.7 Å². The van der Waals surface area contributed by atoms with E-state index in [1.54, 1.807) is 0 Å². The summed E-state index contributed by atoms with van der Waals surface area (Å²) >= 11 is 5.61. The third-order valence-corrected chi connectivity index (χ3v) is 2.18. The summed E-state index contributed by atoms with van der Waals surface area (Å²) in [6.07, 6.45) is 0. The third kappa shape index (κ3) is 2.20. The molecular formula is C10H8ClNO3. The molecule has 0 radical (unpaired) electrons. The first-order valence-electron chi connectivity index (χ1n) is 4.04. The van der Waals surface area contributed by atoms with Crippen molar-refractivity contribution in [3.63, 3.8) is 0 Å². The van der Waals surface area contributed by atoms with E-state index in [1.165, 1.54) is 19.2 Å². The molecule has 0 amide bonds. The van der Waals surface area contributed by atoms with E-state index in [2.05, 4.69) is 0 Å². The lowest BCUT2D eigenvalue weighted by Gasteiger charge is -2.09. The zero-order valence-electron chi connectivity index (χ0n) is 7.95. The van der Waals surface area contributed by atoms with E-state index < -0.39 is 5.97 Å². The van der Waals surface area contributed by atoms with Crippen molar-refractivity contribution in [3.05, 3.63) is 28.8 Å². The second kappa shape index (κ2) is 4.67. The molecule has 0 spiro atoms. The molecule has 4 nitrogen and oxygen atoms in total. The van der Waals surface area contributed by atoms with E-state index in [0.29, 0.717) is 11.1 Å². The number of benzene rings is 1. The van der Waals surface area contributed by atoms with Crippen LogP contribution in [0, 0.1) is 11.3 Å². The number of nitriles is 1. The predicted molar refractivity (Wildman–Crippen MR) is 54.2 cm³/mol. The summed E-state index contributed by atoms with van der Waals surface area (Å²) < 4.78 is 4.90. The van der Waals surface area contributed by atoms with Crippen LogP contribution in [0.1, 0.15) is 21.5 Å². The Bertz CT molecular complexity index is 412. The van der Waals surface area contributed by atoms with Crippen LogP contribution < -0.4 is 4.74 Å². The highest BCUT2D eigenvalue weighted by Gasteiger charge is 2.17. The number of carboxylic acids is 1. The number of hydrogen-bond acceptors (Lipinski definition) is 3. The van der Waals surface area contributed by atoms with Crippen LogP contribution in [-0.2, 0) is 5.88 Å². The van der Waals surface area contributed by atoms with E-state index in [0.717, 1.165) is 0 Å². The minimum Gasteiger partial charge on any atom is -0.496 e. The minimum absolute atomic E-state index is 0.00602. The van der Waals surface area contributed by atoms with Gasteiger partial charge in [0, 0.05) is 5.88 Å². The predicted octanol–water partition coefficient (Wildman–Crippen LogP) is 2.00. The summed E-state index contributed by atoms with van der Waals surface area (Å²) in [5.41, 5.74) is 0.707. The number of aromatic carboxylic acids is 1. The molecule has 5 heteroatoms. The monoisotopic (exact) mass is 225 g/mol. The number of halogens is 1. The van der Waals surface area contributed by atoms with Gasteiger partial charge in [-0.1, -0.05) is 0 Å². The van der Waals surface area contributed by atoms with Gasteiger partial charge in [0.25, 0.3) is 0 Å². The van der Waals surface area contributed by atoms with Crippen LogP contribution in [0.25, 0.3) is 0 Å². The first kappa shape index (κ1) is 11.3. The smallest absolute Gasteiger partial charge is 0.339 e. The van der Waals surface area contributed by atoms with E-state index in [4.69, 9.17) is 26.7 Å². The van der Waals surface area contributed by atoms with Crippen LogP contribution in [0.4, 0.5) is 0 Å². The van der Waals surface area contributed by atoms with Crippen LogP contribution in [-0.4, -0.2) is 18.2 Å². The molecule has 1 aromatic rings. The number of nitrogens with zero attached hydrogens (tertiary/aromatic N) is 1. The number of carboxylic acid groups (broad SMARTS) is 1. The largest absolute Gasteiger partial charge is 0.496 e. The molecule has 0 atom stereocenters. The van der Waals surface area contributed by atoms with Crippen molar-refractivity contribution in [2.45, 2.75) is 5.88 Å². The molecule has 0 aliphatic carbocycles. The van der Waals surface area contributed by atoms with Crippen molar-refractivity contribution < 1.29 is 14.6 Å². The topological polar surface area (TPSA) is 70.3 Å². The van der Waals surface area contributed by atoms with Crippen LogP contribution in [0.5, 0.6) is 5.75 Å². The Morgan fingerprint density at radius 3 is 2.73 bits per heavy atom. The Labute approximate surface area is 91.7 Å². The SMILES string of the molecule is COc1cc(C#N)cc(CCl)c1C(=O)O. The summed E-state index contributed by atoms with van der Waals surface area (Å²) in [4.78, 5) is 10.9. The molecule has 0 heterocycles. The molecule has 15 heavy (non-hydrogen) atoms. The summed E-state index contributed by atoms with van der Waals surface area (Å²) in [6.45, 7) is 0. The van der Waals surface area contributed by atoms with Gasteiger partial charge in [-0.25, -0.2) is 4.79 Å². The fourth-order valence-corrected chi connectivity index (χ4v) is 1.46. The molecule has 0 unspecified atom stereocenters. The lowest BCUT2D eigenvalue weighted by atomic mass is 10.0. The number of ether oxygens (including phenoxy) is 1. The van der Waals surface area contributed by atoms with Gasteiger partial charge in [-0.15, -0.1) is 11.6 Å². The normalized spacial score (nSPS) is 9.40. The fourth-order valence-electron chi connectivity index (χ4n) is 1.25. The summed E-state index contributed by atoms with van der Waals surface area (Å²) in [7, 11) is 1.35. The number of methoxy groups -OCH3 is 1. The van der Waals surface area contributed by atoms with Crippen molar-refractivity contribution in [2.75, 3.05) is 7.11 Å². The number of hydrogen-bond donors (Lipinski definition) is 1. The van der Waals surface area contributed by atoms with Gasteiger partial charge in [0.2, 0.25) is 0 Å². The van der Waals surface area contributed by atoms with E-state index in [9.17, 15) is 4.79 Å². The molecule has 0 bridgehead atoms. The Kier molecular flexibility index (Phi) is 3.53. The highest BCUT2D eigenvalue weighted by molar-refractivity contribution is 6.17. The molecule has 0 fully saturated rings. The third-order valence-electron chi connectivity index (χ3n) is 1.89. The molecule has 1 rings (SSSR count). The molecule has 0 saturated carbocycles. The number of rotatable bonds is 3. The van der Waals surface area contributed by atoms with Crippen LogP contribution in [0.3, 0.4) is 0 Å². The van der Waals surface area contributed by atoms with Crippen molar-refractivity contribution in [3.8, 4) is 11.8 Å². The summed E-state index contributed by atoms with van der Waals surface area (Å²) in [5, 5.41) is 17.7. The zero-order chi connectivity index (χ0) is 11.4. The summed E-state index contributed by atoms with van der Waals surface area (Å²) in [6, 6.07) is 4.73. The Hall–Kier alpha value is -1.73. The number of alkyl halides is 1. The number of carbonyl (C=O) groups is 1. The second-order valence-corrected chi connectivity index (χ2v) is 3.03. The standard InChI is InChI=1S/C10H8ClNO3/c1-15-8-3-6(5-12)2-7(4-11)9(8)10(13)14/h2-3H,4H2,1H3,(H,13,14). The van der Waals surface area contributed by atoms with Gasteiger partial charge in [-0.3, -0.25) is 0 Å². The lowest BCUT2D eigenvalue weighted by Crippen LogP contribution is -2.05. The molecule has 0 aliphatic heterocycles. The van der Waals surface area contributed by atoms with E-state index >= 15 is 0 Å². The van der Waals surface area contributed by atoms with Crippen molar-refractivity contribution in [1.29, 1.82) is 5.26 Å². The van der Waals surface area contributed by atoms with Gasteiger partial charge in [-0.2, -0.15) is 5.26 Å². The first-order chi connectivity index (χ1) is 7.13. The zero-order valence-corrected chi connectivity index (χ0v) is 8.71. The maximum absolute atomic E-state index is 10.9. The average Bonchev–Trinajstić information content (AvgIpc) is 2.26. The maximum atomic E-state index is 10.9. The highest BCUT2D eigenvalue weighted by atomic mass is 35.5. The fraction of sp³-hybridized carbons (Fsp3) is 0.200. The summed E-state index contributed by atoms with van der Waals surface area (Å²) in [5.74, 6) is -0.947. The highest BCUT2D eigenvalue weighted by Crippen LogP contribution is 2.25. The molecule has 0 saturated heterocycles. The van der Waals surface area contributed by atoms with Crippen molar-refractivity contribution >= 4 is 17.6 Å². The molecule has 1 N–H and O–H groups in total. The first-order valence-corrected chi connectivity index (χ1v) is 4.57. The van der Waals surface area contributed by atoms with Gasteiger partial charge in [0.05, 0.1) is 18.7 Å². The van der Waals surface area contributed by atoms with E-state index in [-0.39, 0.29) is 17.2 Å².